The summed E-state index contributed by atoms with van der Waals surface area (Å²) in [6.07, 6.45) is 2.72. The van der Waals surface area contributed by atoms with E-state index in [-0.39, 0.29) is 29.5 Å². The van der Waals surface area contributed by atoms with Crippen LogP contribution in [0, 0.1) is 25.2 Å². The number of nitrogens with zero attached hydrogens (tertiary/aromatic N) is 7. The highest BCUT2D eigenvalue weighted by molar-refractivity contribution is 7.98. The summed E-state index contributed by atoms with van der Waals surface area (Å²) in [5, 5.41) is 14.4. The third kappa shape index (κ3) is 4.51. The van der Waals surface area contributed by atoms with Crippen LogP contribution in [0.1, 0.15) is 28.9 Å². The second kappa shape index (κ2) is 9.69. The van der Waals surface area contributed by atoms with Crippen LogP contribution in [0.15, 0.2) is 34.3 Å². The zero-order chi connectivity index (χ0) is 24.5. The summed E-state index contributed by atoms with van der Waals surface area (Å²) in [5.74, 6) is 0.515. The van der Waals surface area contributed by atoms with Gasteiger partial charge in [0.25, 0.3) is 5.78 Å². The van der Waals surface area contributed by atoms with Gasteiger partial charge in [0.15, 0.2) is 0 Å². The molecule has 0 N–H and O–H groups in total. The Morgan fingerprint density at radius 3 is 2.53 bits per heavy atom. The SMILES string of the molecule is CSc1nc2nc(C)c(CCC(=O)N3CCN(S(=O)(=O)c4ccccc4C#N)CC3)c(C)n2n1. The van der Waals surface area contributed by atoms with Gasteiger partial charge in [0, 0.05) is 44.0 Å². The van der Waals surface area contributed by atoms with Crippen molar-refractivity contribution in [2.75, 3.05) is 32.4 Å². The van der Waals surface area contributed by atoms with Gasteiger partial charge in [-0.3, -0.25) is 4.79 Å². The Morgan fingerprint density at radius 1 is 1.15 bits per heavy atom. The largest absolute Gasteiger partial charge is 0.340 e. The van der Waals surface area contributed by atoms with Gasteiger partial charge >= 0.3 is 0 Å². The maximum Gasteiger partial charge on any atom is 0.253 e. The first-order valence-electron chi connectivity index (χ1n) is 10.8. The molecule has 3 heterocycles. The Balaban J connectivity index is 1.40. The molecule has 0 saturated carbocycles. The molecule has 1 aliphatic rings. The lowest BCUT2D eigenvalue weighted by Gasteiger charge is -2.34. The number of carbonyl (C=O) groups is 1. The molecule has 178 valence electrons. The molecule has 2 aromatic heterocycles. The van der Waals surface area contributed by atoms with E-state index in [0.717, 1.165) is 17.0 Å². The third-order valence-corrected chi connectivity index (χ3v) is 8.51. The number of rotatable bonds is 6. The number of nitriles is 1. The van der Waals surface area contributed by atoms with E-state index < -0.39 is 10.0 Å². The van der Waals surface area contributed by atoms with Crippen LogP contribution >= 0.6 is 11.8 Å². The molecule has 0 spiro atoms. The molecule has 3 aromatic rings. The molecular formula is C22H25N7O3S2. The number of piperazine rings is 1. The van der Waals surface area contributed by atoms with Crippen LogP contribution in [0.25, 0.3) is 5.78 Å². The van der Waals surface area contributed by atoms with Crippen LogP contribution in [0.3, 0.4) is 0 Å². The number of hydrogen-bond donors (Lipinski definition) is 0. The molecule has 34 heavy (non-hydrogen) atoms. The molecule has 0 bridgehead atoms. The van der Waals surface area contributed by atoms with Gasteiger partial charge in [0.05, 0.1) is 10.5 Å². The number of carbonyl (C=O) groups excluding carboxylic acids is 1. The van der Waals surface area contributed by atoms with Crippen LogP contribution < -0.4 is 0 Å². The molecule has 1 saturated heterocycles. The Hall–Kier alpha value is -3.01. The van der Waals surface area contributed by atoms with E-state index in [2.05, 4.69) is 15.1 Å². The molecule has 10 nitrogen and oxygen atoms in total. The average molecular weight is 500 g/mol. The highest BCUT2D eigenvalue weighted by atomic mass is 32.2. The Morgan fingerprint density at radius 2 is 1.85 bits per heavy atom. The zero-order valence-electron chi connectivity index (χ0n) is 19.2. The molecule has 0 radical (unpaired) electrons. The summed E-state index contributed by atoms with van der Waals surface area (Å²) < 4.78 is 29.1. The van der Waals surface area contributed by atoms with Crippen molar-refractivity contribution in [3.8, 4) is 6.07 Å². The molecule has 1 amide bonds. The number of hydrogen-bond acceptors (Lipinski definition) is 8. The predicted molar refractivity (Wildman–Crippen MR) is 127 cm³/mol. The monoisotopic (exact) mass is 499 g/mol. The molecule has 1 fully saturated rings. The standard InChI is InChI=1S/C22H25N7O3S2/c1-15-18(16(2)29-21(24-15)25-22(26-29)33-3)8-9-20(30)27-10-12-28(13-11-27)34(31,32)19-7-5-4-6-17(19)14-23/h4-7H,8-13H2,1-3H3. The maximum atomic E-state index is 13.0. The molecule has 0 unspecified atom stereocenters. The van der Waals surface area contributed by atoms with E-state index in [0.29, 0.717) is 36.9 Å². The van der Waals surface area contributed by atoms with Gasteiger partial charge in [-0.05, 0) is 44.2 Å². The first kappa shape index (κ1) is 24.1. The third-order valence-electron chi connectivity index (χ3n) is 6.02. The molecule has 0 atom stereocenters. The number of fused-ring (bicyclic) bond motifs is 1. The van der Waals surface area contributed by atoms with Crippen molar-refractivity contribution in [1.82, 2.24) is 28.8 Å². The summed E-state index contributed by atoms with van der Waals surface area (Å²) in [4.78, 5) is 23.5. The van der Waals surface area contributed by atoms with Gasteiger partial charge in [-0.25, -0.2) is 17.9 Å². The van der Waals surface area contributed by atoms with Crippen LogP contribution in [0.5, 0.6) is 0 Å². The van der Waals surface area contributed by atoms with Crippen LogP contribution in [0.2, 0.25) is 0 Å². The topological polar surface area (TPSA) is 125 Å². The number of amides is 1. The fourth-order valence-electron chi connectivity index (χ4n) is 4.13. The Bertz CT molecular complexity index is 1390. The normalized spacial score (nSPS) is 14.9. The van der Waals surface area contributed by atoms with Crippen molar-refractivity contribution in [2.24, 2.45) is 0 Å². The van der Waals surface area contributed by atoms with Gasteiger partial charge in [-0.15, -0.1) is 5.10 Å². The minimum absolute atomic E-state index is 0.00357. The molecule has 1 aliphatic heterocycles. The smallest absolute Gasteiger partial charge is 0.253 e. The predicted octanol–water partition coefficient (Wildman–Crippen LogP) is 1.80. The number of aromatic nitrogens is 4. The van der Waals surface area contributed by atoms with E-state index in [9.17, 15) is 18.5 Å². The van der Waals surface area contributed by atoms with Crippen LogP contribution in [0.4, 0.5) is 0 Å². The molecular weight excluding hydrogens is 474 g/mol. The van der Waals surface area contributed by atoms with E-state index in [1.54, 1.807) is 21.5 Å². The highest BCUT2D eigenvalue weighted by Gasteiger charge is 2.31. The first-order chi connectivity index (χ1) is 16.3. The van der Waals surface area contributed by atoms with Gasteiger partial charge in [-0.1, -0.05) is 23.9 Å². The van der Waals surface area contributed by atoms with Crippen molar-refractivity contribution < 1.29 is 13.2 Å². The Kier molecular flexibility index (Phi) is 6.88. The van der Waals surface area contributed by atoms with E-state index >= 15 is 0 Å². The van der Waals surface area contributed by atoms with Gasteiger partial charge in [0.2, 0.25) is 21.1 Å². The minimum atomic E-state index is -3.79. The zero-order valence-corrected chi connectivity index (χ0v) is 20.9. The second-order valence-electron chi connectivity index (χ2n) is 7.96. The number of aryl methyl sites for hydroxylation is 2. The summed E-state index contributed by atoms with van der Waals surface area (Å²) in [7, 11) is -3.79. The van der Waals surface area contributed by atoms with E-state index in [1.165, 1.54) is 28.2 Å². The lowest BCUT2D eigenvalue weighted by molar-refractivity contribution is -0.132. The molecule has 4 rings (SSSR count). The molecule has 12 heteroatoms. The maximum absolute atomic E-state index is 13.0. The van der Waals surface area contributed by atoms with Gasteiger partial charge < -0.3 is 4.90 Å². The number of benzene rings is 1. The quantitative estimate of drug-likeness (QED) is 0.470. The fourth-order valence-corrected chi connectivity index (χ4v) is 6.03. The van der Waals surface area contributed by atoms with E-state index in [4.69, 9.17) is 0 Å². The van der Waals surface area contributed by atoms with Crippen molar-refractivity contribution in [3.63, 3.8) is 0 Å². The summed E-state index contributed by atoms with van der Waals surface area (Å²) >= 11 is 1.45. The second-order valence-corrected chi connectivity index (χ2v) is 10.6. The fraction of sp³-hybridized carbons (Fsp3) is 0.409. The summed E-state index contributed by atoms with van der Waals surface area (Å²) in [6.45, 7) is 4.85. The molecule has 0 aliphatic carbocycles. The average Bonchev–Trinajstić information content (AvgIpc) is 3.27. The summed E-state index contributed by atoms with van der Waals surface area (Å²) in [5.41, 5.74) is 2.82. The van der Waals surface area contributed by atoms with Crippen molar-refractivity contribution in [3.05, 3.63) is 46.8 Å². The van der Waals surface area contributed by atoms with Crippen molar-refractivity contribution in [2.45, 2.75) is 36.7 Å². The molecule has 1 aromatic carbocycles. The lowest BCUT2D eigenvalue weighted by Crippen LogP contribution is -2.50. The van der Waals surface area contributed by atoms with Crippen LogP contribution in [-0.4, -0.2) is 75.5 Å². The van der Waals surface area contributed by atoms with E-state index in [1.807, 2.05) is 26.2 Å². The van der Waals surface area contributed by atoms with Crippen LogP contribution in [-0.2, 0) is 21.2 Å². The lowest BCUT2D eigenvalue weighted by atomic mass is 10.1. The van der Waals surface area contributed by atoms with Crippen molar-refractivity contribution in [1.29, 1.82) is 5.26 Å². The minimum Gasteiger partial charge on any atom is -0.340 e. The number of sulfonamides is 1. The number of thioether (sulfide) groups is 1. The first-order valence-corrected chi connectivity index (χ1v) is 13.5. The Labute approximate surface area is 202 Å². The van der Waals surface area contributed by atoms with Crippen molar-refractivity contribution >= 4 is 33.5 Å². The summed E-state index contributed by atoms with van der Waals surface area (Å²) in [6, 6.07) is 8.11. The highest BCUT2D eigenvalue weighted by Crippen LogP contribution is 2.22. The van der Waals surface area contributed by atoms with Gasteiger partial charge in [0.1, 0.15) is 6.07 Å². The van der Waals surface area contributed by atoms with Gasteiger partial charge in [-0.2, -0.15) is 14.6 Å².